The first-order valence-corrected chi connectivity index (χ1v) is 8.29. The molecule has 0 saturated carbocycles. The second-order valence-corrected chi connectivity index (χ2v) is 7.10. The van der Waals surface area contributed by atoms with Gasteiger partial charge in [0.05, 0.1) is 12.0 Å². The molecule has 0 spiro atoms. The molecule has 1 aliphatic rings. The molecule has 1 heterocycles. The number of aryl methyl sites for hydroxylation is 1. The minimum atomic E-state index is -3.47. The summed E-state index contributed by atoms with van der Waals surface area (Å²) in [5.74, 6) is 0.725. The first-order chi connectivity index (χ1) is 10.1. The smallest absolute Gasteiger partial charge is 0.198 e. The SMILES string of the molecule is COc1cccc2c1CNC2S(=O)(=O)c1ccccc1C. The van der Waals surface area contributed by atoms with Gasteiger partial charge < -0.3 is 4.74 Å². The van der Waals surface area contributed by atoms with Crippen molar-refractivity contribution in [3.05, 3.63) is 59.2 Å². The fourth-order valence-electron chi connectivity index (χ4n) is 2.79. The third-order valence-electron chi connectivity index (χ3n) is 3.85. The van der Waals surface area contributed by atoms with Gasteiger partial charge in [-0.15, -0.1) is 0 Å². The fraction of sp³-hybridized carbons (Fsp3) is 0.250. The van der Waals surface area contributed by atoms with E-state index in [0.717, 1.165) is 22.4 Å². The Kier molecular flexibility index (Phi) is 3.47. The van der Waals surface area contributed by atoms with Crippen molar-refractivity contribution in [2.45, 2.75) is 23.7 Å². The summed E-state index contributed by atoms with van der Waals surface area (Å²) >= 11 is 0. The van der Waals surface area contributed by atoms with Crippen molar-refractivity contribution in [2.24, 2.45) is 0 Å². The van der Waals surface area contributed by atoms with Crippen molar-refractivity contribution in [1.82, 2.24) is 5.32 Å². The standard InChI is InChI=1S/C16H17NO3S/c1-11-6-3-4-9-15(11)21(18,19)16-12-7-5-8-14(20-2)13(12)10-17-16/h3-9,16-17H,10H2,1-2H3. The summed E-state index contributed by atoms with van der Waals surface area (Å²) < 4.78 is 31.1. The number of methoxy groups -OCH3 is 1. The van der Waals surface area contributed by atoms with Crippen LogP contribution in [0, 0.1) is 6.92 Å². The molecule has 0 radical (unpaired) electrons. The Morgan fingerprint density at radius 1 is 1.14 bits per heavy atom. The Bertz CT molecular complexity index is 784. The first-order valence-electron chi connectivity index (χ1n) is 6.74. The van der Waals surface area contributed by atoms with E-state index in [0.29, 0.717) is 11.4 Å². The molecular formula is C16H17NO3S. The van der Waals surface area contributed by atoms with Crippen molar-refractivity contribution < 1.29 is 13.2 Å². The van der Waals surface area contributed by atoms with Crippen molar-refractivity contribution in [3.63, 3.8) is 0 Å². The zero-order chi connectivity index (χ0) is 15.0. The maximum Gasteiger partial charge on any atom is 0.198 e. The molecule has 1 N–H and O–H groups in total. The second-order valence-electron chi connectivity index (χ2n) is 5.10. The first kappa shape index (κ1) is 14.1. The van der Waals surface area contributed by atoms with Gasteiger partial charge in [0.25, 0.3) is 0 Å². The number of rotatable bonds is 3. The molecule has 3 rings (SSSR count). The quantitative estimate of drug-likeness (QED) is 0.947. The van der Waals surface area contributed by atoms with Crippen LogP contribution in [0.15, 0.2) is 47.4 Å². The van der Waals surface area contributed by atoms with E-state index < -0.39 is 15.2 Å². The van der Waals surface area contributed by atoms with Gasteiger partial charge >= 0.3 is 0 Å². The van der Waals surface area contributed by atoms with Gasteiger partial charge in [-0.1, -0.05) is 30.3 Å². The number of ether oxygens (including phenoxy) is 1. The highest BCUT2D eigenvalue weighted by Crippen LogP contribution is 2.38. The van der Waals surface area contributed by atoms with E-state index in [1.165, 1.54) is 0 Å². The number of hydrogen-bond acceptors (Lipinski definition) is 4. The molecule has 1 unspecified atom stereocenters. The second kappa shape index (κ2) is 5.16. The van der Waals surface area contributed by atoms with Crippen LogP contribution in [0.4, 0.5) is 0 Å². The van der Waals surface area contributed by atoms with Gasteiger partial charge in [0, 0.05) is 12.1 Å². The predicted molar refractivity (Wildman–Crippen MR) is 80.9 cm³/mol. The molecule has 21 heavy (non-hydrogen) atoms. The Balaban J connectivity index is 2.11. The zero-order valence-corrected chi connectivity index (χ0v) is 12.8. The number of hydrogen-bond donors (Lipinski definition) is 1. The molecule has 4 nitrogen and oxygen atoms in total. The van der Waals surface area contributed by atoms with E-state index in [1.54, 1.807) is 19.2 Å². The number of sulfone groups is 1. The Labute approximate surface area is 124 Å². The van der Waals surface area contributed by atoms with Crippen LogP contribution in [0.2, 0.25) is 0 Å². The van der Waals surface area contributed by atoms with Crippen LogP contribution >= 0.6 is 0 Å². The summed E-state index contributed by atoms with van der Waals surface area (Å²) in [4.78, 5) is 0.373. The van der Waals surface area contributed by atoms with E-state index in [9.17, 15) is 8.42 Å². The number of nitrogens with one attached hydrogen (secondary N) is 1. The van der Waals surface area contributed by atoms with E-state index >= 15 is 0 Å². The average molecular weight is 303 g/mol. The molecule has 2 aromatic carbocycles. The van der Waals surface area contributed by atoms with Gasteiger partial charge in [-0.3, -0.25) is 5.32 Å². The monoisotopic (exact) mass is 303 g/mol. The lowest BCUT2D eigenvalue weighted by Gasteiger charge is -2.15. The van der Waals surface area contributed by atoms with Crippen LogP contribution in [-0.2, 0) is 16.4 Å². The molecule has 2 aromatic rings. The summed E-state index contributed by atoms with van der Waals surface area (Å²) in [5, 5.41) is 2.38. The largest absolute Gasteiger partial charge is 0.496 e. The summed E-state index contributed by atoms with van der Waals surface area (Å²) in [6.07, 6.45) is 0. The predicted octanol–water partition coefficient (Wildman–Crippen LogP) is 2.58. The molecule has 0 saturated heterocycles. The number of benzene rings is 2. The number of fused-ring (bicyclic) bond motifs is 1. The van der Waals surface area contributed by atoms with E-state index in [2.05, 4.69) is 5.32 Å². The van der Waals surface area contributed by atoms with E-state index in [4.69, 9.17) is 4.74 Å². The molecular weight excluding hydrogens is 286 g/mol. The molecule has 110 valence electrons. The third-order valence-corrected chi connectivity index (χ3v) is 5.96. The van der Waals surface area contributed by atoms with Crippen molar-refractivity contribution >= 4 is 9.84 Å². The molecule has 0 aromatic heterocycles. The minimum absolute atomic E-state index is 0.373. The average Bonchev–Trinajstić information content (AvgIpc) is 2.92. The van der Waals surface area contributed by atoms with Crippen LogP contribution < -0.4 is 10.1 Å². The molecule has 5 heteroatoms. The van der Waals surface area contributed by atoms with Crippen molar-refractivity contribution in [1.29, 1.82) is 0 Å². The van der Waals surface area contributed by atoms with Crippen molar-refractivity contribution in [3.8, 4) is 5.75 Å². The Morgan fingerprint density at radius 3 is 2.62 bits per heavy atom. The minimum Gasteiger partial charge on any atom is -0.496 e. The maximum atomic E-state index is 12.9. The zero-order valence-electron chi connectivity index (χ0n) is 12.0. The lowest BCUT2D eigenvalue weighted by Crippen LogP contribution is -2.23. The highest BCUT2D eigenvalue weighted by molar-refractivity contribution is 7.91. The molecule has 0 bridgehead atoms. The topological polar surface area (TPSA) is 55.4 Å². The fourth-order valence-corrected chi connectivity index (χ4v) is 4.69. The summed E-state index contributed by atoms with van der Waals surface area (Å²) in [7, 11) is -1.88. The third kappa shape index (κ3) is 2.22. The normalized spacial score (nSPS) is 17.5. The van der Waals surface area contributed by atoms with Crippen LogP contribution in [-0.4, -0.2) is 15.5 Å². The van der Waals surface area contributed by atoms with Crippen LogP contribution in [0.25, 0.3) is 0 Å². The Hall–Kier alpha value is -1.85. The summed E-state index contributed by atoms with van der Waals surface area (Å²) in [6.45, 7) is 2.31. The van der Waals surface area contributed by atoms with Crippen LogP contribution in [0.3, 0.4) is 0 Å². The maximum absolute atomic E-state index is 12.9. The van der Waals surface area contributed by atoms with Gasteiger partial charge in [0.2, 0.25) is 0 Å². The van der Waals surface area contributed by atoms with Crippen LogP contribution in [0.1, 0.15) is 22.1 Å². The molecule has 0 aliphatic carbocycles. The van der Waals surface area contributed by atoms with Gasteiger partial charge in [-0.2, -0.15) is 0 Å². The van der Waals surface area contributed by atoms with Gasteiger partial charge in [-0.25, -0.2) is 8.42 Å². The van der Waals surface area contributed by atoms with Gasteiger partial charge in [-0.05, 0) is 30.2 Å². The highest BCUT2D eigenvalue weighted by Gasteiger charge is 2.36. The summed E-state index contributed by atoms with van der Waals surface area (Å²) in [5.41, 5.74) is 2.45. The van der Waals surface area contributed by atoms with Crippen LogP contribution in [0.5, 0.6) is 5.75 Å². The molecule has 1 atom stereocenters. The highest BCUT2D eigenvalue weighted by atomic mass is 32.2. The molecule has 0 amide bonds. The van der Waals surface area contributed by atoms with E-state index in [1.807, 2.05) is 37.3 Å². The molecule has 0 fully saturated rings. The lowest BCUT2D eigenvalue weighted by molar-refractivity contribution is 0.410. The van der Waals surface area contributed by atoms with Gasteiger partial charge in [0.15, 0.2) is 9.84 Å². The summed E-state index contributed by atoms with van der Waals surface area (Å²) in [6, 6.07) is 12.6. The lowest BCUT2D eigenvalue weighted by atomic mass is 10.1. The molecule has 1 aliphatic heterocycles. The van der Waals surface area contributed by atoms with Gasteiger partial charge in [0.1, 0.15) is 11.1 Å². The van der Waals surface area contributed by atoms with Crippen molar-refractivity contribution in [2.75, 3.05) is 7.11 Å². The van der Waals surface area contributed by atoms with E-state index in [-0.39, 0.29) is 0 Å². The Morgan fingerprint density at radius 2 is 1.90 bits per heavy atom.